The molecule has 1 heterocycles. The van der Waals surface area contributed by atoms with Gasteiger partial charge in [-0.15, -0.1) is 11.3 Å². The fourth-order valence-electron chi connectivity index (χ4n) is 2.20. The Morgan fingerprint density at radius 3 is 2.65 bits per heavy atom. The highest BCUT2D eigenvalue weighted by molar-refractivity contribution is 7.11. The van der Waals surface area contributed by atoms with Crippen LogP contribution in [0.1, 0.15) is 32.6 Å². The van der Waals surface area contributed by atoms with Crippen LogP contribution in [-0.2, 0) is 6.42 Å². The number of thiophene rings is 1. The van der Waals surface area contributed by atoms with Crippen LogP contribution in [-0.4, -0.2) is 11.9 Å². The van der Waals surface area contributed by atoms with Gasteiger partial charge in [-0.25, -0.2) is 0 Å². The Morgan fingerprint density at radius 1 is 1.30 bits per heavy atom. The third-order valence-corrected chi connectivity index (χ3v) is 4.07. The summed E-state index contributed by atoms with van der Waals surface area (Å²) >= 11 is 1.77. The average Bonchev–Trinajstić information content (AvgIpc) is 2.73. The molecule has 2 aromatic rings. The van der Waals surface area contributed by atoms with Gasteiger partial charge in [-0.3, -0.25) is 4.79 Å². The largest absolute Gasteiger partial charge is 0.399 e. The molecule has 4 heteroatoms. The first kappa shape index (κ1) is 14.6. The Hall–Kier alpha value is -1.81. The van der Waals surface area contributed by atoms with Gasteiger partial charge in [0.1, 0.15) is 0 Å². The highest BCUT2D eigenvalue weighted by Gasteiger charge is 2.12. The van der Waals surface area contributed by atoms with Gasteiger partial charge in [-0.2, -0.15) is 0 Å². The molecule has 1 aromatic heterocycles. The van der Waals surface area contributed by atoms with Crippen molar-refractivity contribution in [2.75, 3.05) is 5.73 Å². The maximum Gasteiger partial charge on any atom is 0.251 e. The molecule has 3 nitrogen and oxygen atoms in total. The summed E-state index contributed by atoms with van der Waals surface area (Å²) in [5.41, 5.74) is 8.02. The fraction of sp³-hybridized carbons (Fsp3) is 0.312. The van der Waals surface area contributed by atoms with Crippen LogP contribution in [0.15, 0.2) is 30.3 Å². The van der Waals surface area contributed by atoms with E-state index in [0.717, 1.165) is 12.0 Å². The molecule has 1 aromatic carbocycles. The van der Waals surface area contributed by atoms with Crippen molar-refractivity contribution in [2.45, 2.75) is 33.2 Å². The highest BCUT2D eigenvalue weighted by atomic mass is 32.1. The van der Waals surface area contributed by atoms with Gasteiger partial charge in [0.05, 0.1) is 0 Å². The molecule has 1 amide bonds. The fourth-order valence-corrected chi connectivity index (χ4v) is 3.22. The molecule has 0 fully saturated rings. The molecule has 3 N–H and O–H groups in total. The first-order valence-electron chi connectivity index (χ1n) is 6.67. The predicted octanol–water partition coefficient (Wildman–Crippen LogP) is 3.31. The Bertz CT molecular complexity index is 598. The summed E-state index contributed by atoms with van der Waals surface area (Å²) in [6.45, 7) is 6.05. The van der Waals surface area contributed by atoms with Crippen LogP contribution >= 0.6 is 11.3 Å². The Labute approximate surface area is 123 Å². The van der Waals surface area contributed by atoms with Crippen molar-refractivity contribution in [3.8, 4) is 0 Å². The van der Waals surface area contributed by atoms with Gasteiger partial charge >= 0.3 is 0 Å². The van der Waals surface area contributed by atoms with Gasteiger partial charge < -0.3 is 11.1 Å². The summed E-state index contributed by atoms with van der Waals surface area (Å²) in [4.78, 5) is 14.8. The lowest BCUT2D eigenvalue weighted by molar-refractivity contribution is 0.0940. The minimum absolute atomic E-state index is 0.0684. The van der Waals surface area contributed by atoms with E-state index in [-0.39, 0.29) is 11.9 Å². The van der Waals surface area contributed by atoms with Gasteiger partial charge in [0.25, 0.3) is 5.91 Å². The molecular formula is C16H20N2OS. The maximum absolute atomic E-state index is 12.2. The number of benzene rings is 1. The highest BCUT2D eigenvalue weighted by Crippen LogP contribution is 2.17. The molecule has 0 spiro atoms. The molecule has 0 aliphatic rings. The van der Waals surface area contributed by atoms with E-state index in [9.17, 15) is 4.79 Å². The van der Waals surface area contributed by atoms with Crippen LogP contribution in [0.5, 0.6) is 0 Å². The zero-order valence-corrected chi connectivity index (χ0v) is 12.9. The van der Waals surface area contributed by atoms with Crippen molar-refractivity contribution in [1.82, 2.24) is 5.32 Å². The molecule has 0 aliphatic carbocycles. The van der Waals surface area contributed by atoms with E-state index >= 15 is 0 Å². The number of carbonyl (C=O) groups excluding carboxylic acids is 1. The molecule has 0 radical (unpaired) electrons. The second kappa shape index (κ2) is 6.09. The van der Waals surface area contributed by atoms with Crippen molar-refractivity contribution >= 4 is 22.9 Å². The number of anilines is 1. The van der Waals surface area contributed by atoms with Crippen molar-refractivity contribution < 1.29 is 4.79 Å². The van der Waals surface area contributed by atoms with Gasteiger partial charge in [0.15, 0.2) is 0 Å². The number of amides is 1. The summed E-state index contributed by atoms with van der Waals surface area (Å²) < 4.78 is 0. The van der Waals surface area contributed by atoms with Crippen LogP contribution in [0, 0.1) is 13.8 Å². The van der Waals surface area contributed by atoms with Crippen LogP contribution in [0.25, 0.3) is 0 Å². The third-order valence-electron chi connectivity index (χ3n) is 3.04. The third kappa shape index (κ3) is 3.84. The van der Waals surface area contributed by atoms with E-state index in [2.05, 4.69) is 24.4 Å². The van der Waals surface area contributed by atoms with E-state index in [1.54, 1.807) is 17.4 Å². The summed E-state index contributed by atoms with van der Waals surface area (Å²) in [6, 6.07) is 9.75. The monoisotopic (exact) mass is 288 g/mol. The zero-order valence-electron chi connectivity index (χ0n) is 12.1. The van der Waals surface area contributed by atoms with Crippen LogP contribution < -0.4 is 11.1 Å². The summed E-state index contributed by atoms with van der Waals surface area (Å²) in [5, 5.41) is 3.02. The molecule has 106 valence electrons. The lowest BCUT2D eigenvalue weighted by Crippen LogP contribution is -2.34. The summed E-state index contributed by atoms with van der Waals surface area (Å²) in [5.74, 6) is -0.0684. The zero-order chi connectivity index (χ0) is 14.7. The topological polar surface area (TPSA) is 55.1 Å². The number of nitrogens with one attached hydrogen (secondary N) is 1. The minimum atomic E-state index is -0.0684. The Balaban J connectivity index is 2.00. The lowest BCUT2D eigenvalue weighted by Gasteiger charge is -2.13. The normalized spacial score (nSPS) is 12.2. The average molecular weight is 288 g/mol. The summed E-state index contributed by atoms with van der Waals surface area (Å²) in [7, 11) is 0. The van der Waals surface area contributed by atoms with E-state index in [4.69, 9.17) is 5.73 Å². The lowest BCUT2D eigenvalue weighted by atomic mass is 10.1. The Morgan fingerprint density at radius 2 is 2.05 bits per heavy atom. The van der Waals surface area contributed by atoms with E-state index in [1.807, 2.05) is 26.0 Å². The van der Waals surface area contributed by atoms with E-state index < -0.39 is 0 Å². The number of nitrogen functional groups attached to an aromatic ring is 1. The number of nitrogens with two attached hydrogens (primary N) is 1. The number of carbonyl (C=O) groups is 1. The first-order valence-corrected chi connectivity index (χ1v) is 7.49. The quantitative estimate of drug-likeness (QED) is 0.848. The molecule has 1 unspecified atom stereocenters. The summed E-state index contributed by atoms with van der Waals surface area (Å²) in [6.07, 6.45) is 0.853. The molecule has 0 saturated heterocycles. The van der Waals surface area contributed by atoms with Crippen molar-refractivity contribution in [2.24, 2.45) is 0 Å². The second-order valence-corrected chi connectivity index (χ2v) is 6.60. The number of hydrogen-bond donors (Lipinski definition) is 2. The minimum Gasteiger partial charge on any atom is -0.399 e. The molecule has 0 aliphatic heterocycles. The second-order valence-electron chi connectivity index (χ2n) is 5.22. The van der Waals surface area contributed by atoms with Crippen molar-refractivity contribution in [1.29, 1.82) is 0 Å². The molecule has 0 bridgehead atoms. The van der Waals surface area contributed by atoms with Crippen molar-refractivity contribution in [3.05, 3.63) is 51.2 Å². The number of hydrogen-bond acceptors (Lipinski definition) is 3. The molecule has 1 atom stereocenters. The van der Waals surface area contributed by atoms with Crippen LogP contribution in [0.2, 0.25) is 0 Å². The Kier molecular flexibility index (Phi) is 4.45. The number of aryl methyl sites for hydroxylation is 2. The van der Waals surface area contributed by atoms with Gasteiger partial charge in [0.2, 0.25) is 0 Å². The van der Waals surface area contributed by atoms with Crippen LogP contribution in [0.4, 0.5) is 5.69 Å². The van der Waals surface area contributed by atoms with Gasteiger partial charge in [-0.05, 0) is 56.7 Å². The predicted molar refractivity (Wildman–Crippen MR) is 85.3 cm³/mol. The maximum atomic E-state index is 12.2. The molecule has 0 saturated carbocycles. The first-order chi connectivity index (χ1) is 9.44. The van der Waals surface area contributed by atoms with Crippen LogP contribution in [0.3, 0.4) is 0 Å². The molecule has 20 heavy (non-hydrogen) atoms. The smallest absolute Gasteiger partial charge is 0.251 e. The van der Waals surface area contributed by atoms with E-state index in [0.29, 0.717) is 11.3 Å². The molecule has 2 rings (SSSR count). The number of rotatable bonds is 4. The van der Waals surface area contributed by atoms with Gasteiger partial charge in [-0.1, -0.05) is 0 Å². The van der Waals surface area contributed by atoms with E-state index in [1.165, 1.54) is 9.75 Å². The SMILES string of the molecule is Cc1cc(N)cc(C(=O)NC(C)Cc2ccc(C)s2)c1. The standard InChI is InChI=1S/C16H20N2OS/c1-10-6-13(9-14(17)7-10)16(19)18-11(2)8-15-5-4-12(3)20-15/h4-7,9,11H,8,17H2,1-3H3,(H,18,19). The molecular weight excluding hydrogens is 268 g/mol. The van der Waals surface area contributed by atoms with Crippen molar-refractivity contribution in [3.63, 3.8) is 0 Å². The van der Waals surface area contributed by atoms with Gasteiger partial charge in [0, 0.05) is 33.5 Å².